The molecule has 46 heavy (non-hydrogen) atoms. The van der Waals surface area contributed by atoms with Gasteiger partial charge in [-0.3, -0.25) is 29.3 Å². The molecule has 3 amide bonds. The molecule has 1 aromatic rings. The van der Waals surface area contributed by atoms with Crippen LogP contribution in [0.15, 0.2) is 24.3 Å². The molecule has 0 aliphatic carbocycles. The first kappa shape index (κ1) is 39.3. The SMILES string of the molecule is CCOC(=O)CC[C@H](NC(=O)[C@@H](CCC(=O)OCC)NC(=O)[C@@H](Cc1ccc([N+](=O)[O-])cc1)NC(=O)OC(C)(C)C)C(=O)OCC. The highest BCUT2D eigenvalue weighted by atomic mass is 16.6. The molecule has 16 nitrogen and oxygen atoms in total. The van der Waals surface area contributed by atoms with E-state index in [4.69, 9.17) is 18.9 Å². The fourth-order valence-electron chi connectivity index (χ4n) is 3.94. The Bertz CT molecular complexity index is 1210. The van der Waals surface area contributed by atoms with Crippen molar-refractivity contribution in [2.24, 2.45) is 0 Å². The number of carbonyl (C=O) groups excluding carboxylic acids is 6. The van der Waals surface area contributed by atoms with Crippen molar-refractivity contribution >= 4 is 41.5 Å². The van der Waals surface area contributed by atoms with E-state index in [1.807, 2.05) is 0 Å². The van der Waals surface area contributed by atoms with Crippen molar-refractivity contribution in [3.63, 3.8) is 0 Å². The van der Waals surface area contributed by atoms with E-state index in [1.54, 1.807) is 41.5 Å². The molecule has 0 aliphatic heterocycles. The lowest BCUT2D eigenvalue weighted by Gasteiger charge is -2.26. The number of amides is 3. The Morgan fingerprint density at radius 2 is 1.22 bits per heavy atom. The maximum atomic E-state index is 13.6. The van der Waals surface area contributed by atoms with Crippen LogP contribution in [0.3, 0.4) is 0 Å². The topological polar surface area (TPSA) is 219 Å². The third-order valence-corrected chi connectivity index (χ3v) is 6.00. The van der Waals surface area contributed by atoms with Crippen molar-refractivity contribution < 1.29 is 52.6 Å². The first-order valence-corrected chi connectivity index (χ1v) is 14.9. The van der Waals surface area contributed by atoms with E-state index < -0.39 is 64.5 Å². The van der Waals surface area contributed by atoms with Crippen LogP contribution in [0, 0.1) is 10.1 Å². The number of alkyl carbamates (subject to hydrolysis) is 1. The standard InChI is InChI=1S/C30H44N4O12/c1-7-43-24(35)16-14-21(26(37)32-22(28(39)45-9-3)15-17-25(36)44-8-2)31-27(38)23(33-29(40)46-30(4,5)6)18-19-10-12-20(13-11-19)34(41)42/h10-13,21-23H,7-9,14-18H2,1-6H3,(H,31,38)(H,32,37)(H,33,40)/t21-,22+,23-/m1/s1. The van der Waals surface area contributed by atoms with Crippen LogP contribution in [0.2, 0.25) is 0 Å². The van der Waals surface area contributed by atoms with Crippen LogP contribution < -0.4 is 16.0 Å². The Morgan fingerprint density at radius 1 is 0.739 bits per heavy atom. The van der Waals surface area contributed by atoms with E-state index >= 15 is 0 Å². The molecule has 0 unspecified atom stereocenters. The molecule has 16 heteroatoms. The van der Waals surface area contributed by atoms with Gasteiger partial charge in [0.15, 0.2) is 0 Å². The van der Waals surface area contributed by atoms with E-state index in [9.17, 15) is 38.9 Å². The van der Waals surface area contributed by atoms with Gasteiger partial charge in [0, 0.05) is 31.4 Å². The second-order valence-electron chi connectivity index (χ2n) is 10.9. The van der Waals surface area contributed by atoms with Gasteiger partial charge < -0.3 is 34.9 Å². The van der Waals surface area contributed by atoms with E-state index in [1.165, 1.54) is 24.3 Å². The lowest BCUT2D eigenvalue weighted by Crippen LogP contribution is -2.56. The Hall–Kier alpha value is -4.76. The summed E-state index contributed by atoms with van der Waals surface area (Å²) in [6.07, 6.45) is -2.00. The summed E-state index contributed by atoms with van der Waals surface area (Å²) in [6.45, 7) is 9.84. The van der Waals surface area contributed by atoms with Crippen LogP contribution in [-0.2, 0) is 49.3 Å². The molecule has 1 aromatic carbocycles. The van der Waals surface area contributed by atoms with Gasteiger partial charge in [-0.1, -0.05) is 12.1 Å². The highest BCUT2D eigenvalue weighted by Crippen LogP contribution is 2.15. The summed E-state index contributed by atoms with van der Waals surface area (Å²) in [5.41, 5.74) is -0.651. The van der Waals surface area contributed by atoms with Gasteiger partial charge in [-0.15, -0.1) is 0 Å². The molecule has 0 radical (unpaired) electrons. The number of rotatable bonds is 18. The summed E-state index contributed by atoms with van der Waals surface area (Å²) in [5, 5.41) is 18.5. The van der Waals surface area contributed by atoms with Gasteiger partial charge in [0.2, 0.25) is 11.8 Å². The minimum Gasteiger partial charge on any atom is -0.466 e. The number of nitro groups is 1. The van der Waals surface area contributed by atoms with E-state index in [-0.39, 0.29) is 57.6 Å². The summed E-state index contributed by atoms with van der Waals surface area (Å²) in [6, 6.07) is 1.27. The fraction of sp³-hybridized carbons (Fsp3) is 0.600. The highest BCUT2D eigenvalue weighted by molar-refractivity contribution is 5.93. The maximum Gasteiger partial charge on any atom is 0.408 e. The number of nitrogens with zero attached hydrogens (tertiary/aromatic N) is 1. The molecule has 3 atom stereocenters. The van der Waals surface area contributed by atoms with Crippen molar-refractivity contribution in [2.45, 2.75) is 97.4 Å². The minimum absolute atomic E-state index is 0.00566. The number of hydrogen-bond donors (Lipinski definition) is 3. The average Bonchev–Trinajstić information content (AvgIpc) is 2.96. The highest BCUT2D eigenvalue weighted by Gasteiger charge is 2.32. The minimum atomic E-state index is -1.41. The molecule has 0 heterocycles. The van der Waals surface area contributed by atoms with Crippen molar-refractivity contribution in [1.29, 1.82) is 0 Å². The Morgan fingerprint density at radius 3 is 1.70 bits per heavy atom. The van der Waals surface area contributed by atoms with Gasteiger partial charge >= 0.3 is 24.0 Å². The van der Waals surface area contributed by atoms with Gasteiger partial charge in [-0.05, 0) is 59.9 Å². The van der Waals surface area contributed by atoms with Gasteiger partial charge in [-0.25, -0.2) is 9.59 Å². The predicted molar refractivity (Wildman–Crippen MR) is 162 cm³/mol. The van der Waals surface area contributed by atoms with Crippen LogP contribution in [0.25, 0.3) is 0 Å². The number of ether oxygens (including phenoxy) is 4. The van der Waals surface area contributed by atoms with Crippen molar-refractivity contribution in [1.82, 2.24) is 16.0 Å². The van der Waals surface area contributed by atoms with Crippen LogP contribution in [0.5, 0.6) is 0 Å². The number of hydrogen-bond acceptors (Lipinski definition) is 12. The van der Waals surface area contributed by atoms with Crippen LogP contribution in [0.4, 0.5) is 10.5 Å². The monoisotopic (exact) mass is 652 g/mol. The van der Waals surface area contributed by atoms with Gasteiger partial charge in [-0.2, -0.15) is 0 Å². The number of esters is 3. The van der Waals surface area contributed by atoms with Gasteiger partial charge in [0.1, 0.15) is 23.7 Å². The molecule has 1 rings (SSSR count). The summed E-state index contributed by atoms with van der Waals surface area (Å²) >= 11 is 0. The average molecular weight is 653 g/mol. The zero-order valence-corrected chi connectivity index (χ0v) is 27.0. The zero-order valence-electron chi connectivity index (χ0n) is 27.0. The van der Waals surface area contributed by atoms with E-state index in [0.29, 0.717) is 5.56 Å². The first-order valence-electron chi connectivity index (χ1n) is 14.9. The molecule has 0 spiro atoms. The second kappa shape index (κ2) is 19.6. The summed E-state index contributed by atoms with van der Waals surface area (Å²) in [7, 11) is 0. The van der Waals surface area contributed by atoms with E-state index in [0.717, 1.165) is 0 Å². The largest absolute Gasteiger partial charge is 0.466 e. The molecule has 0 aliphatic rings. The molecule has 0 saturated heterocycles. The zero-order chi connectivity index (χ0) is 34.9. The smallest absolute Gasteiger partial charge is 0.408 e. The third kappa shape index (κ3) is 15.3. The quantitative estimate of drug-likeness (QED) is 0.0900. The van der Waals surface area contributed by atoms with Gasteiger partial charge in [0.25, 0.3) is 5.69 Å². The molecular formula is C30H44N4O12. The van der Waals surface area contributed by atoms with Crippen LogP contribution in [-0.4, -0.2) is 84.3 Å². The van der Waals surface area contributed by atoms with Crippen molar-refractivity contribution in [3.05, 3.63) is 39.9 Å². The lowest BCUT2D eigenvalue weighted by molar-refractivity contribution is -0.384. The Balaban J connectivity index is 3.31. The molecule has 0 aromatic heterocycles. The fourth-order valence-corrected chi connectivity index (χ4v) is 3.94. The number of carbonyl (C=O) groups is 6. The first-order chi connectivity index (χ1) is 21.6. The second-order valence-corrected chi connectivity index (χ2v) is 10.9. The van der Waals surface area contributed by atoms with Crippen molar-refractivity contribution in [2.75, 3.05) is 19.8 Å². The molecular weight excluding hydrogens is 608 g/mol. The van der Waals surface area contributed by atoms with E-state index in [2.05, 4.69) is 16.0 Å². The van der Waals surface area contributed by atoms with Crippen molar-refractivity contribution in [3.8, 4) is 0 Å². The molecule has 0 bridgehead atoms. The molecule has 0 saturated carbocycles. The number of nitro benzene ring substituents is 1. The molecule has 256 valence electrons. The number of non-ortho nitro benzene ring substituents is 1. The summed E-state index contributed by atoms with van der Waals surface area (Å²) in [5.74, 6) is -3.79. The summed E-state index contributed by atoms with van der Waals surface area (Å²) in [4.78, 5) is 86.8. The normalized spacial score (nSPS) is 12.8. The molecule has 0 fully saturated rings. The lowest BCUT2D eigenvalue weighted by atomic mass is 10.0. The Kier molecular flexibility index (Phi) is 16.7. The predicted octanol–water partition coefficient (Wildman–Crippen LogP) is 2.25. The van der Waals surface area contributed by atoms with Crippen LogP contribution in [0.1, 0.15) is 72.8 Å². The summed E-state index contributed by atoms with van der Waals surface area (Å²) < 4.78 is 20.1. The number of benzene rings is 1. The number of nitrogens with one attached hydrogen (secondary N) is 3. The maximum absolute atomic E-state index is 13.6. The third-order valence-electron chi connectivity index (χ3n) is 6.00. The Labute approximate surface area is 267 Å². The van der Waals surface area contributed by atoms with Gasteiger partial charge in [0.05, 0.1) is 24.7 Å². The van der Waals surface area contributed by atoms with Crippen LogP contribution >= 0.6 is 0 Å². The molecule has 3 N–H and O–H groups in total.